The molecule has 1 aliphatic rings. The maximum absolute atomic E-state index is 2.37. The zero-order valence-electron chi connectivity index (χ0n) is 14.8. The molecule has 0 amide bonds. The molecule has 4 aromatic carbocycles. The minimum Gasteiger partial charge on any atom is -0.0622 e. The van der Waals surface area contributed by atoms with Gasteiger partial charge in [0, 0.05) is 5.41 Å². The quantitative estimate of drug-likeness (QED) is 0.384. The van der Waals surface area contributed by atoms with Gasteiger partial charge < -0.3 is 0 Å². The fourth-order valence-electron chi connectivity index (χ4n) is 4.53. The third kappa shape index (κ3) is 2.02. The molecule has 5 rings (SSSR count). The lowest BCUT2D eigenvalue weighted by Gasteiger charge is -2.30. The third-order valence-corrected chi connectivity index (χ3v) is 5.77. The number of hydrogen-bond acceptors (Lipinski definition) is 0. The van der Waals surface area contributed by atoms with Gasteiger partial charge in [0.1, 0.15) is 0 Å². The Morgan fingerprint density at radius 2 is 0.808 bits per heavy atom. The molecule has 0 atom stereocenters. The van der Waals surface area contributed by atoms with Gasteiger partial charge in [-0.05, 0) is 45.9 Å². The van der Waals surface area contributed by atoms with Gasteiger partial charge in [0.15, 0.2) is 0 Å². The van der Waals surface area contributed by atoms with E-state index in [1.54, 1.807) is 0 Å². The summed E-state index contributed by atoms with van der Waals surface area (Å²) in [5, 5.41) is 0. The lowest BCUT2D eigenvalue weighted by molar-refractivity contribution is 0.716. The van der Waals surface area contributed by atoms with E-state index in [0.29, 0.717) is 0 Å². The lowest BCUT2D eigenvalue weighted by Crippen LogP contribution is -2.23. The van der Waals surface area contributed by atoms with E-state index < -0.39 is 0 Å². The van der Waals surface area contributed by atoms with Gasteiger partial charge in [-0.15, -0.1) is 0 Å². The first-order valence-electron chi connectivity index (χ1n) is 9.14. The summed E-state index contributed by atoms with van der Waals surface area (Å²) in [6.07, 6.45) is 0. The third-order valence-electron chi connectivity index (χ3n) is 5.77. The molecule has 4 aromatic rings. The van der Waals surface area contributed by atoms with Gasteiger partial charge in [0.25, 0.3) is 0 Å². The largest absolute Gasteiger partial charge is 0.0622 e. The molecule has 0 nitrogen and oxygen atoms in total. The van der Waals surface area contributed by atoms with E-state index in [4.69, 9.17) is 0 Å². The second-order valence-corrected chi connectivity index (χ2v) is 7.13. The molecule has 0 aromatic heterocycles. The van der Waals surface area contributed by atoms with E-state index >= 15 is 0 Å². The molecule has 0 bridgehead atoms. The van der Waals surface area contributed by atoms with Crippen LogP contribution in [-0.4, -0.2) is 0 Å². The van der Waals surface area contributed by atoms with Crippen molar-refractivity contribution < 1.29 is 0 Å². The van der Waals surface area contributed by atoms with Crippen molar-refractivity contribution in [2.24, 2.45) is 0 Å². The molecule has 0 spiro atoms. The Hall–Kier alpha value is -3.12. The van der Waals surface area contributed by atoms with E-state index in [-0.39, 0.29) is 5.41 Å². The molecule has 0 radical (unpaired) electrons. The van der Waals surface area contributed by atoms with Crippen molar-refractivity contribution >= 4 is 0 Å². The second kappa shape index (κ2) is 5.71. The highest BCUT2D eigenvalue weighted by Crippen LogP contribution is 2.53. The summed E-state index contributed by atoms with van der Waals surface area (Å²) in [5.41, 5.74) is 9.28. The highest BCUT2D eigenvalue weighted by atomic mass is 14.4. The minimum absolute atomic E-state index is 0.153. The molecule has 0 fully saturated rings. The molecule has 26 heavy (non-hydrogen) atoms. The monoisotopic (exact) mass is 332 g/mol. The molecule has 124 valence electrons. The molecule has 0 heterocycles. The average Bonchev–Trinajstić information content (AvgIpc) is 2.99. The summed E-state index contributed by atoms with van der Waals surface area (Å²) in [7, 11) is 0. The fraction of sp³-hybridized carbons (Fsp3) is 0.0769. The summed E-state index contributed by atoms with van der Waals surface area (Å²) in [5.74, 6) is 0. The molecule has 0 unspecified atom stereocenters. The number of benzene rings is 4. The van der Waals surface area contributed by atoms with Crippen molar-refractivity contribution in [3.8, 4) is 22.3 Å². The SMILES string of the molecule is CC1(c2ccccc2-c2ccccc2)c2ccccc2-c2ccccc21. The van der Waals surface area contributed by atoms with Gasteiger partial charge in [0.2, 0.25) is 0 Å². The normalized spacial score (nSPS) is 13.9. The number of hydrogen-bond donors (Lipinski definition) is 0. The highest BCUT2D eigenvalue weighted by Gasteiger charge is 2.41. The van der Waals surface area contributed by atoms with Crippen LogP contribution in [0.25, 0.3) is 22.3 Å². The summed E-state index contributed by atoms with van der Waals surface area (Å²) in [6, 6.07) is 37.3. The van der Waals surface area contributed by atoms with Crippen molar-refractivity contribution in [2.45, 2.75) is 12.3 Å². The van der Waals surface area contributed by atoms with E-state index in [0.717, 1.165) is 0 Å². The van der Waals surface area contributed by atoms with E-state index in [1.165, 1.54) is 38.9 Å². The molecule has 0 N–H and O–H groups in total. The highest BCUT2D eigenvalue weighted by molar-refractivity contribution is 5.85. The van der Waals surface area contributed by atoms with Crippen LogP contribution in [-0.2, 0) is 5.41 Å². The van der Waals surface area contributed by atoms with Crippen molar-refractivity contribution in [1.29, 1.82) is 0 Å². The zero-order valence-corrected chi connectivity index (χ0v) is 14.8. The van der Waals surface area contributed by atoms with Gasteiger partial charge in [-0.3, -0.25) is 0 Å². The summed E-state index contributed by atoms with van der Waals surface area (Å²) < 4.78 is 0. The van der Waals surface area contributed by atoms with E-state index in [1.807, 2.05) is 0 Å². The van der Waals surface area contributed by atoms with Gasteiger partial charge >= 0.3 is 0 Å². The fourth-order valence-corrected chi connectivity index (χ4v) is 4.53. The molecule has 0 saturated carbocycles. The number of rotatable bonds is 2. The summed E-state index contributed by atoms with van der Waals surface area (Å²) in [4.78, 5) is 0. The first-order valence-corrected chi connectivity index (χ1v) is 9.14. The second-order valence-electron chi connectivity index (χ2n) is 7.13. The lowest BCUT2D eigenvalue weighted by atomic mass is 9.72. The van der Waals surface area contributed by atoms with Crippen LogP contribution in [0.2, 0.25) is 0 Å². The van der Waals surface area contributed by atoms with Crippen LogP contribution in [0.15, 0.2) is 103 Å². The van der Waals surface area contributed by atoms with Crippen LogP contribution in [0.1, 0.15) is 23.6 Å². The molecule has 0 saturated heterocycles. The maximum Gasteiger partial charge on any atom is 0.0441 e. The molecular formula is C26H20. The smallest absolute Gasteiger partial charge is 0.0441 e. The first kappa shape index (κ1) is 15.2. The summed E-state index contributed by atoms with van der Waals surface area (Å²) in [6.45, 7) is 2.37. The predicted molar refractivity (Wildman–Crippen MR) is 109 cm³/mol. The predicted octanol–water partition coefficient (Wildman–Crippen LogP) is 6.69. The van der Waals surface area contributed by atoms with Gasteiger partial charge in [-0.2, -0.15) is 0 Å². The van der Waals surface area contributed by atoms with Crippen LogP contribution >= 0.6 is 0 Å². The van der Waals surface area contributed by atoms with E-state index in [9.17, 15) is 0 Å². The zero-order chi connectivity index (χ0) is 17.6. The molecular weight excluding hydrogens is 312 g/mol. The van der Waals surface area contributed by atoms with Crippen molar-refractivity contribution in [1.82, 2.24) is 0 Å². The Morgan fingerprint density at radius 1 is 0.423 bits per heavy atom. The van der Waals surface area contributed by atoms with Crippen LogP contribution < -0.4 is 0 Å². The Labute approximate surface area is 154 Å². The Kier molecular flexibility index (Phi) is 3.33. The average molecular weight is 332 g/mol. The Morgan fingerprint density at radius 3 is 1.35 bits per heavy atom. The molecule has 0 heteroatoms. The van der Waals surface area contributed by atoms with Crippen LogP contribution in [0.3, 0.4) is 0 Å². The Bertz CT molecular complexity index is 1040. The first-order chi connectivity index (χ1) is 12.8. The molecule has 1 aliphatic carbocycles. The summed E-state index contributed by atoms with van der Waals surface area (Å²) >= 11 is 0. The van der Waals surface area contributed by atoms with Crippen molar-refractivity contribution in [2.75, 3.05) is 0 Å². The van der Waals surface area contributed by atoms with Crippen LogP contribution in [0.4, 0.5) is 0 Å². The van der Waals surface area contributed by atoms with Crippen molar-refractivity contribution in [3.05, 3.63) is 120 Å². The topological polar surface area (TPSA) is 0 Å². The molecule has 0 aliphatic heterocycles. The van der Waals surface area contributed by atoms with Gasteiger partial charge in [-0.1, -0.05) is 103 Å². The van der Waals surface area contributed by atoms with Gasteiger partial charge in [-0.25, -0.2) is 0 Å². The van der Waals surface area contributed by atoms with E-state index in [2.05, 4.69) is 110 Å². The van der Waals surface area contributed by atoms with Crippen LogP contribution in [0.5, 0.6) is 0 Å². The maximum atomic E-state index is 2.37. The van der Waals surface area contributed by atoms with Crippen LogP contribution in [0, 0.1) is 0 Å². The standard InChI is InChI=1S/C26H20/c1-26(23-16-8-5-13-20(23)19-11-3-2-4-12-19)24-17-9-6-14-21(24)22-15-7-10-18-25(22)26/h2-18H,1H3. The van der Waals surface area contributed by atoms with Crippen molar-refractivity contribution in [3.63, 3.8) is 0 Å². The Balaban J connectivity index is 1.85. The minimum atomic E-state index is -0.153. The van der Waals surface area contributed by atoms with Gasteiger partial charge in [0.05, 0.1) is 0 Å². The number of fused-ring (bicyclic) bond motifs is 3.